The Bertz CT molecular complexity index is 378. The second-order valence-electron chi connectivity index (χ2n) is 2.52. The molecule has 1 rings (SSSR count). The Morgan fingerprint density at radius 2 is 1.87 bits per heavy atom. The van der Waals surface area contributed by atoms with Gasteiger partial charge in [0.2, 0.25) is 0 Å². The van der Waals surface area contributed by atoms with E-state index in [1.54, 1.807) is 0 Å². The summed E-state index contributed by atoms with van der Waals surface area (Å²) >= 11 is 1.33. The van der Waals surface area contributed by atoms with Gasteiger partial charge in [-0.15, -0.1) is 0 Å². The van der Waals surface area contributed by atoms with E-state index in [4.69, 9.17) is 5.11 Å². The minimum absolute atomic E-state index is 0.315. The van der Waals surface area contributed by atoms with E-state index in [1.165, 1.54) is 22.6 Å². The minimum Gasteiger partial charge on any atom is -0.505 e. The molecule has 0 spiro atoms. The summed E-state index contributed by atoms with van der Waals surface area (Å²) in [5.41, 5.74) is -2.70. The van der Waals surface area contributed by atoms with Gasteiger partial charge in [0.25, 0.3) is 6.43 Å². The largest absolute Gasteiger partial charge is 0.505 e. The molecular formula is C7H3F5INO. The molecule has 0 aliphatic heterocycles. The molecule has 0 fully saturated rings. The number of aromatic nitrogens is 1. The van der Waals surface area contributed by atoms with Crippen LogP contribution in [0, 0.1) is 3.57 Å². The number of pyridine rings is 1. The van der Waals surface area contributed by atoms with Crippen LogP contribution in [0.5, 0.6) is 5.75 Å². The van der Waals surface area contributed by atoms with E-state index in [9.17, 15) is 22.0 Å². The summed E-state index contributed by atoms with van der Waals surface area (Å²) in [4.78, 5) is 2.67. The summed E-state index contributed by atoms with van der Waals surface area (Å²) in [6, 6.07) is 0.502. The summed E-state index contributed by atoms with van der Waals surface area (Å²) in [5, 5.41) is 9.04. The smallest absolute Gasteiger partial charge is 0.433 e. The molecule has 0 bridgehead atoms. The van der Waals surface area contributed by atoms with Gasteiger partial charge >= 0.3 is 6.18 Å². The minimum atomic E-state index is -4.81. The van der Waals surface area contributed by atoms with Crippen LogP contribution in [0.4, 0.5) is 22.0 Å². The van der Waals surface area contributed by atoms with Crippen LogP contribution < -0.4 is 0 Å². The molecule has 0 saturated carbocycles. The maximum Gasteiger partial charge on any atom is 0.433 e. The first-order valence-electron chi connectivity index (χ1n) is 3.48. The van der Waals surface area contributed by atoms with Crippen molar-refractivity contribution in [3.05, 3.63) is 21.0 Å². The van der Waals surface area contributed by atoms with E-state index in [0.29, 0.717) is 6.07 Å². The molecule has 0 atom stereocenters. The van der Waals surface area contributed by atoms with E-state index >= 15 is 0 Å². The van der Waals surface area contributed by atoms with Gasteiger partial charge in [0, 0.05) is 0 Å². The quantitative estimate of drug-likeness (QED) is 0.629. The summed E-state index contributed by atoms with van der Waals surface area (Å²) in [7, 11) is 0. The molecule has 0 aliphatic rings. The third kappa shape index (κ3) is 2.67. The number of halogens is 6. The molecule has 2 nitrogen and oxygen atoms in total. The van der Waals surface area contributed by atoms with Gasteiger partial charge in [0.1, 0.15) is 11.4 Å². The SMILES string of the molecule is Oc1c(I)cc(C(F)(F)F)nc1C(F)F. The van der Waals surface area contributed by atoms with E-state index in [2.05, 4.69) is 4.98 Å². The maximum absolute atomic E-state index is 12.2. The standard InChI is InChI=1S/C7H3F5INO/c8-6(9)4-5(15)2(13)1-3(14-4)7(10,11)12/h1,6,15H. The normalized spacial score (nSPS) is 12.2. The third-order valence-corrected chi connectivity index (χ3v) is 2.29. The topological polar surface area (TPSA) is 33.1 Å². The van der Waals surface area contributed by atoms with Crippen LogP contribution in [0.3, 0.4) is 0 Å². The predicted octanol–water partition coefficient (Wildman–Crippen LogP) is 3.35. The van der Waals surface area contributed by atoms with Crippen molar-refractivity contribution in [3.8, 4) is 5.75 Å². The van der Waals surface area contributed by atoms with Gasteiger partial charge in [-0.05, 0) is 28.7 Å². The second kappa shape index (κ2) is 4.06. The van der Waals surface area contributed by atoms with Crippen LogP contribution in [0.2, 0.25) is 0 Å². The number of hydrogen-bond acceptors (Lipinski definition) is 2. The van der Waals surface area contributed by atoms with Crippen molar-refractivity contribution in [2.75, 3.05) is 0 Å². The van der Waals surface area contributed by atoms with Crippen LogP contribution in [-0.2, 0) is 6.18 Å². The molecule has 8 heteroatoms. The van der Waals surface area contributed by atoms with Crippen LogP contribution >= 0.6 is 22.6 Å². The number of aromatic hydroxyl groups is 1. The molecule has 0 radical (unpaired) electrons. The predicted molar refractivity (Wildman–Crippen MR) is 48.6 cm³/mol. The Hall–Kier alpha value is -0.670. The van der Waals surface area contributed by atoms with Crippen LogP contribution in [0.15, 0.2) is 6.07 Å². The van der Waals surface area contributed by atoms with Crippen molar-refractivity contribution in [2.24, 2.45) is 0 Å². The fourth-order valence-corrected chi connectivity index (χ4v) is 1.39. The molecule has 1 aromatic rings. The summed E-state index contributed by atoms with van der Waals surface area (Å²) in [6.07, 6.45) is -8.06. The highest BCUT2D eigenvalue weighted by Crippen LogP contribution is 2.36. The van der Waals surface area contributed by atoms with Crippen LogP contribution in [0.25, 0.3) is 0 Å². The van der Waals surface area contributed by atoms with E-state index in [-0.39, 0.29) is 3.57 Å². The summed E-state index contributed by atoms with van der Waals surface area (Å²) in [6.45, 7) is 0. The fourth-order valence-electron chi connectivity index (χ4n) is 0.823. The first kappa shape index (κ1) is 12.4. The lowest BCUT2D eigenvalue weighted by atomic mass is 10.2. The van der Waals surface area contributed by atoms with Crippen molar-refractivity contribution < 1.29 is 27.1 Å². The Balaban J connectivity index is 3.36. The Kier molecular flexibility index (Phi) is 3.36. The lowest BCUT2D eigenvalue weighted by Crippen LogP contribution is -2.10. The van der Waals surface area contributed by atoms with Gasteiger partial charge < -0.3 is 5.11 Å². The summed E-state index contributed by atoms with van der Waals surface area (Å²) < 4.78 is 60.5. The number of nitrogens with zero attached hydrogens (tertiary/aromatic N) is 1. The van der Waals surface area contributed by atoms with E-state index in [1.807, 2.05) is 0 Å². The number of alkyl halides is 5. The number of rotatable bonds is 1. The zero-order valence-corrected chi connectivity index (χ0v) is 8.97. The zero-order chi connectivity index (χ0) is 11.8. The molecule has 0 aliphatic carbocycles. The molecule has 1 aromatic heterocycles. The first-order valence-corrected chi connectivity index (χ1v) is 4.56. The molecule has 0 amide bonds. The Labute approximate surface area is 94.3 Å². The van der Waals surface area contributed by atoms with Crippen molar-refractivity contribution in [3.63, 3.8) is 0 Å². The highest BCUT2D eigenvalue weighted by molar-refractivity contribution is 14.1. The summed E-state index contributed by atoms with van der Waals surface area (Å²) in [5.74, 6) is -0.918. The van der Waals surface area contributed by atoms with E-state index in [0.717, 1.165) is 0 Å². The van der Waals surface area contributed by atoms with Crippen LogP contribution in [-0.4, -0.2) is 10.1 Å². The van der Waals surface area contributed by atoms with Gasteiger partial charge in [0.05, 0.1) is 3.57 Å². The lowest BCUT2D eigenvalue weighted by Gasteiger charge is -2.10. The molecule has 15 heavy (non-hydrogen) atoms. The Morgan fingerprint density at radius 3 is 2.27 bits per heavy atom. The molecule has 1 N–H and O–H groups in total. The van der Waals surface area contributed by atoms with Gasteiger partial charge in [-0.2, -0.15) is 13.2 Å². The second-order valence-corrected chi connectivity index (χ2v) is 3.68. The highest BCUT2D eigenvalue weighted by Gasteiger charge is 2.35. The average molecular weight is 339 g/mol. The molecule has 0 aromatic carbocycles. The lowest BCUT2D eigenvalue weighted by molar-refractivity contribution is -0.141. The van der Waals surface area contributed by atoms with Crippen molar-refractivity contribution in [1.82, 2.24) is 4.98 Å². The third-order valence-electron chi connectivity index (χ3n) is 1.47. The molecular weight excluding hydrogens is 336 g/mol. The number of hydrogen-bond donors (Lipinski definition) is 1. The zero-order valence-electron chi connectivity index (χ0n) is 6.82. The van der Waals surface area contributed by atoms with Gasteiger partial charge in [-0.3, -0.25) is 0 Å². The highest BCUT2D eigenvalue weighted by atomic mass is 127. The average Bonchev–Trinajstić information content (AvgIpc) is 2.06. The molecule has 0 saturated heterocycles. The maximum atomic E-state index is 12.2. The first-order chi connectivity index (χ1) is 6.73. The van der Waals surface area contributed by atoms with Crippen molar-refractivity contribution >= 4 is 22.6 Å². The van der Waals surface area contributed by atoms with Crippen molar-refractivity contribution in [2.45, 2.75) is 12.6 Å². The molecule has 84 valence electrons. The monoisotopic (exact) mass is 339 g/mol. The Morgan fingerprint density at radius 1 is 1.33 bits per heavy atom. The van der Waals surface area contributed by atoms with Crippen molar-refractivity contribution in [1.29, 1.82) is 0 Å². The molecule has 1 heterocycles. The fraction of sp³-hybridized carbons (Fsp3) is 0.286. The van der Waals surface area contributed by atoms with Gasteiger partial charge in [0.15, 0.2) is 5.75 Å². The molecule has 0 unspecified atom stereocenters. The van der Waals surface area contributed by atoms with Gasteiger partial charge in [-0.1, -0.05) is 0 Å². The van der Waals surface area contributed by atoms with Crippen LogP contribution in [0.1, 0.15) is 17.8 Å². The van der Waals surface area contributed by atoms with E-state index < -0.39 is 29.7 Å². The van der Waals surface area contributed by atoms with Gasteiger partial charge in [-0.25, -0.2) is 13.8 Å².